The standard InChI is InChI=1S/C12H26N2O/c1-2-3-8-14(9-5-10-15)11-12-6-4-7-13-12/h12-13,15H,2-11H2,1H3. The monoisotopic (exact) mass is 214 g/mol. The Hall–Kier alpha value is -0.120. The van der Waals surface area contributed by atoms with E-state index in [1.54, 1.807) is 0 Å². The third-order valence-corrected chi connectivity index (χ3v) is 3.10. The van der Waals surface area contributed by atoms with E-state index in [1.807, 2.05) is 0 Å². The molecule has 1 saturated heterocycles. The molecule has 0 aliphatic carbocycles. The summed E-state index contributed by atoms with van der Waals surface area (Å²) < 4.78 is 0. The first kappa shape index (κ1) is 12.9. The first-order chi connectivity index (χ1) is 7.36. The lowest BCUT2D eigenvalue weighted by atomic mass is 10.2. The molecule has 0 amide bonds. The molecule has 1 fully saturated rings. The summed E-state index contributed by atoms with van der Waals surface area (Å²) in [5.74, 6) is 0. The van der Waals surface area contributed by atoms with Crippen LogP contribution in [-0.4, -0.2) is 48.8 Å². The Balaban J connectivity index is 2.19. The molecule has 1 atom stereocenters. The van der Waals surface area contributed by atoms with Crippen LogP contribution in [0.4, 0.5) is 0 Å². The van der Waals surface area contributed by atoms with E-state index in [9.17, 15) is 0 Å². The fourth-order valence-corrected chi connectivity index (χ4v) is 2.19. The first-order valence-corrected chi connectivity index (χ1v) is 6.43. The Morgan fingerprint density at radius 2 is 2.13 bits per heavy atom. The Morgan fingerprint density at radius 1 is 1.33 bits per heavy atom. The second-order valence-corrected chi connectivity index (χ2v) is 4.52. The summed E-state index contributed by atoms with van der Waals surface area (Å²) in [4.78, 5) is 2.50. The minimum atomic E-state index is 0.320. The zero-order valence-corrected chi connectivity index (χ0v) is 10.0. The second kappa shape index (κ2) is 8.08. The molecule has 90 valence electrons. The predicted octanol–water partition coefficient (Wildman–Crippen LogP) is 1.22. The van der Waals surface area contributed by atoms with Gasteiger partial charge in [0, 0.05) is 25.7 Å². The molecule has 1 unspecified atom stereocenters. The van der Waals surface area contributed by atoms with Crippen LogP contribution >= 0.6 is 0 Å². The van der Waals surface area contributed by atoms with E-state index in [4.69, 9.17) is 5.11 Å². The van der Waals surface area contributed by atoms with E-state index < -0.39 is 0 Å². The van der Waals surface area contributed by atoms with Gasteiger partial charge in [-0.2, -0.15) is 0 Å². The molecule has 1 aliphatic rings. The van der Waals surface area contributed by atoms with Gasteiger partial charge in [-0.05, 0) is 38.8 Å². The van der Waals surface area contributed by atoms with Crippen molar-refractivity contribution in [1.82, 2.24) is 10.2 Å². The normalized spacial score (nSPS) is 21.4. The largest absolute Gasteiger partial charge is 0.396 e. The van der Waals surface area contributed by atoms with E-state index in [0.717, 1.165) is 13.0 Å². The van der Waals surface area contributed by atoms with Crippen molar-refractivity contribution < 1.29 is 5.11 Å². The Bertz CT molecular complexity index is 139. The summed E-state index contributed by atoms with van der Waals surface area (Å²) in [7, 11) is 0. The third kappa shape index (κ3) is 5.50. The lowest BCUT2D eigenvalue weighted by molar-refractivity contribution is 0.209. The van der Waals surface area contributed by atoms with Gasteiger partial charge in [-0.15, -0.1) is 0 Å². The molecule has 15 heavy (non-hydrogen) atoms. The van der Waals surface area contributed by atoms with Crippen molar-refractivity contribution in [3.05, 3.63) is 0 Å². The molecule has 3 heteroatoms. The fourth-order valence-electron chi connectivity index (χ4n) is 2.19. The van der Waals surface area contributed by atoms with Crippen LogP contribution in [-0.2, 0) is 0 Å². The highest BCUT2D eigenvalue weighted by Gasteiger charge is 2.17. The smallest absolute Gasteiger partial charge is 0.0443 e. The SMILES string of the molecule is CCCCN(CCCO)CC1CCCN1. The highest BCUT2D eigenvalue weighted by molar-refractivity contribution is 4.77. The molecule has 0 bridgehead atoms. The van der Waals surface area contributed by atoms with Crippen molar-refractivity contribution in [2.75, 3.05) is 32.8 Å². The maximum absolute atomic E-state index is 8.86. The molecule has 0 aromatic carbocycles. The van der Waals surface area contributed by atoms with Crippen LogP contribution in [0, 0.1) is 0 Å². The molecule has 2 N–H and O–H groups in total. The summed E-state index contributed by atoms with van der Waals surface area (Å²) >= 11 is 0. The Morgan fingerprint density at radius 3 is 2.73 bits per heavy atom. The van der Waals surface area contributed by atoms with E-state index in [0.29, 0.717) is 12.6 Å². The summed E-state index contributed by atoms with van der Waals surface area (Å²) in [6.07, 6.45) is 6.09. The molecular weight excluding hydrogens is 188 g/mol. The number of hydrogen-bond acceptors (Lipinski definition) is 3. The van der Waals surface area contributed by atoms with Crippen LogP contribution in [0.1, 0.15) is 39.0 Å². The van der Waals surface area contributed by atoms with Crippen molar-refractivity contribution in [3.63, 3.8) is 0 Å². The van der Waals surface area contributed by atoms with E-state index in [-0.39, 0.29) is 0 Å². The van der Waals surface area contributed by atoms with Crippen LogP contribution < -0.4 is 5.32 Å². The molecule has 0 radical (unpaired) electrons. The number of unbranched alkanes of at least 4 members (excludes halogenated alkanes) is 1. The van der Waals surface area contributed by atoms with Crippen LogP contribution in [0.3, 0.4) is 0 Å². The summed E-state index contributed by atoms with van der Waals surface area (Å²) in [6.45, 7) is 7.15. The zero-order chi connectivity index (χ0) is 10.9. The van der Waals surface area contributed by atoms with Gasteiger partial charge in [0.2, 0.25) is 0 Å². The Labute approximate surface area is 93.9 Å². The molecule has 0 aromatic rings. The summed E-state index contributed by atoms with van der Waals surface area (Å²) in [5, 5.41) is 12.4. The topological polar surface area (TPSA) is 35.5 Å². The van der Waals surface area contributed by atoms with E-state index >= 15 is 0 Å². The van der Waals surface area contributed by atoms with Crippen molar-refractivity contribution in [2.45, 2.75) is 45.1 Å². The number of nitrogens with zero attached hydrogens (tertiary/aromatic N) is 1. The third-order valence-electron chi connectivity index (χ3n) is 3.10. The van der Waals surface area contributed by atoms with Gasteiger partial charge in [0.05, 0.1) is 0 Å². The lowest BCUT2D eigenvalue weighted by Crippen LogP contribution is -2.38. The average Bonchev–Trinajstić information content (AvgIpc) is 2.74. The number of hydrogen-bond donors (Lipinski definition) is 2. The zero-order valence-electron chi connectivity index (χ0n) is 10.0. The van der Waals surface area contributed by atoms with E-state index in [2.05, 4.69) is 17.1 Å². The van der Waals surface area contributed by atoms with Crippen LogP contribution in [0.5, 0.6) is 0 Å². The van der Waals surface area contributed by atoms with E-state index in [1.165, 1.54) is 45.3 Å². The highest BCUT2D eigenvalue weighted by atomic mass is 16.3. The van der Waals surface area contributed by atoms with Gasteiger partial charge in [-0.25, -0.2) is 0 Å². The van der Waals surface area contributed by atoms with Crippen molar-refractivity contribution in [3.8, 4) is 0 Å². The lowest BCUT2D eigenvalue weighted by Gasteiger charge is -2.25. The second-order valence-electron chi connectivity index (χ2n) is 4.52. The van der Waals surface area contributed by atoms with Gasteiger partial charge in [0.25, 0.3) is 0 Å². The van der Waals surface area contributed by atoms with Gasteiger partial charge in [0.1, 0.15) is 0 Å². The van der Waals surface area contributed by atoms with Crippen molar-refractivity contribution in [1.29, 1.82) is 0 Å². The van der Waals surface area contributed by atoms with Crippen LogP contribution in [0.15, 0.2) is 0 Å². The van der Waals surface area contributed by atoms with Gasteiger partial charge >= 0.3 is 0 Å². The van der Waals surface area contributed by atoms with Crippen molar-refractivity contribution >= 4 is 0 Å². The molecule has 0 aromatic heterocycles. The first-order valence-electron chi connectivity index (χ1n) is 6.43. The van der Waals surface area contributed by atoms with Crippen LogP contribution in [0.2, 0.25) is 0 Å². The van der Waals surface area contributed by atoms with Crippen LogP contribution in [0.25, 0.3) is 0 Å². The fraction of sp³-hybridized carbons (Fsp3) is 1.00. The molecule has 1 heterocycles. The molecule has 1 aliphatic heterocycles. The van der Waals surface area contributed by atoms with Crippen molar-refractivity contribution in [2.24, 2.45) is 0 Å². The average molecular weight is 214 g/mol. The molecule has 3 nitrogen and oxygen atoms in total. The van der Waals surface area contributed by atoms with Gasteiger partial charge in [0.15, 0.2) is 0 Å². The molecule has 0 saturated carbocycles. The number of nitrogens with one attached hydrogen (secondary N) is 1. The molecular formula is C12H26N2O. The van der Waals surface area contributed by atoms with Gasteiger partial charge < -0.3 is 15.3 Å². The highest BCUT2D eigenvalue weighted by Crippen LogP contribution is 2.08. The molecule has 1 rings (SSSR count). The summed E-state index contributed by atoms with van der Waals surface area (Å²) in [5.41, 5.74) is 0. The molecule has 0 spiro atoms. The number of rotatable bonds is 8. The number of aliphatic hydroxyl groups excluding tert-OH is 1. The Kier molecular flexibility index (Phi) is 6.98. The van der Waals surface area contributed by atoms with Gasteiger partial charge in [-0.3, -0.25) is 0 Å². The maximum atomic E-state index is 8.86. The maximum Gasteiger partial charge on any atom is 0.0443 e. The summed E-state index contributed by atoms with van der Waals surface area (Å²) in [6, 6.07) is 0.695. The minimum absolute atomic E-state index is 0.320. The van der Waals surface area contributed by atoms with Gasteiger partial charge in [-0.1, -0.05) is 13.3 Å². The minimum Gasteiger partial charge on any atom is -0.396 e. The predicted molar refractivity (Wildman–Crippen MR) is 64.1 cm³/mol. The quantitative estimate of drug-likeness (QED) is 0.638. The number of aliphatic hydroxyl groups is 1.